The van der Waals surface area contributed by atoms with E-state index in [2.05, 4.69) is 0 Å². The highest BCUT2D eigenvalue weighted by Gasteiger charge is 2.46. The van der Waals surface area contributed by atoms with E-state index in [0.29, 0.717) is 23.5 Å². The molecule has 2 fully saturated rings. The average molecular weight is 311 g/mol. The lowest BCUT2D eigenvalue weighted by atomic mass is 10.0. The molecule has 3 rings (SSSR count). The van der Waals surface area contributed by atoms with Gasteiger partial charge in [-0.25, -0.2) is 8.42 Å². The van der Waals surface area contributed by atoms with Gasteiger partial charge in [-0.2, -0.15) is 4.31 Å². The molecule has 2 saturated heterocycles. The van der Waals surface area contributed by atoms with E-state index in [-0.39, 0.29) is 18.2 Å². The van der Waals surface area contributed by atoms with Gasteiger partial charge in [-0.1, -0.05) is 0 Å². The number of nitrogens with zero attached hydrogens (tertiary/aromatic N) is 1. The Hall–Kier alpha value is -1.11. The summed E-state index contributed by atoms with van der Waals surface area (Å²) in [7, 11) is -1.93. The number of aryl methyl sites for hydroxylation is 1. The lowest BCUT2D eigenvalue weighted by Gasteiger charge is -2.36. The second-order valence-corrected chi connectivity index (χ2v) is 7.82. The van der Waals surface area contributed by atoms with Gasteiger partial charge in [0, 0.05) is 12.1 Å². The Morgan fingerprint density at radius 2 is 1.86 bits per heavy atom. The first-order chi connectivity index (χ1) is 9.93. The van der Waals surface area contributed by atoms with Crippen LogP contribution >= 0.6 is 0 Å². The van der Waals surface area contributed by atoms with Gasteiger partial charge in [0.05, 0.1) is 18.1 Å². The molecule has 2 heterocycles. The molecule has 0 amide bonds. The van der Waals surface area contributed by atoms with Crippen LogP contribution in [0, 0.1) is 6.92 Å². The molecule has 2 atom stereocenters. The van der Waals surface area contributed by atoms with Crippen molar-refractivity contribution in [3.8, 4) is 5.75 Å². The Balaban J connectivity index is 1.96. The molecule has 21 heavy (non-hydrogen) atoms. The summed E-state index contributed by atoms with van der Waals surface area (Å²) in [5, 5.41) is 9.82. The highest BCUT2D eigenvalue weighted by molar-refractivity contribution is 7.89. The molecule has 1 N–H and O–H groups in total. The van der Waals surface area contributed by atoms with Crippen molar-refractivity contribution in [3.63, 3.8) is 0 Å². The van der Waals surface area contributed by atoms with Crippen molar-refractivity contribution in [2.24, 2.45) is 0 Å². The number of aliphatic hydroxyl groups excluding tert-OH is 1. The van der Waals surface area contributed by atoms with Gasteiger partial charge in [0.15, 0.2) is 0 Å². The number of fused-ring (bicyclic) bond motifs is 2. The SMILES string of the molecule is COc1ccc(S(=O)(=O)N2C3CCC2CC(O)C3)cc1C. The maximum absolute atomic E-state index is 12.9. The number of rotatable bonds is 3. The molecule has 2 aliphatic heterocycles. The number of sulfonamides is 1. The zero-order chi connectivity index (χ0) is 15.2. The first kappa shape index (κ1) is 14.8. The summed E-state index contributed by atoms with van der Waals surface area (Å²) in [6, 6.07) is 4.84. The Kier molecular flexibility index (Phi) is 3.71. The van der Waals surface area contributed by atoms with Crippen LogP contribution < -0.4 is 4.74 Å². The Labute approximate surface area is 125 Å². The molecule has 0 radical (unpaired) electrons. The van der Waals surface area contributed by atoms with Gasteiger partial charge in [-0.05, 0) is 56.4 Å². The molecule has 0 aromatic heterocycles. The van der Waals surface area contributed by atoms with Crippen LogP contribution in [0.2, 0.25) is 0 Å². The van der Waals surface area contributed by atoms with Crippen molar-refractivity contribution in [1.29, 1.82) is 0 Å². The predicted molar refractivity (Wildman–Crippen MR) is 78.8 cm³/mol. The van der Waals surface area contributed by atoms with Crippen LogP contribution in [-0.4, -0.2) is 43.1 Å². The number of methoxy groups -OCH3 is 1. The maximum Gasteiger partial charge on any atom is 0.243 e. The summed E-state index contributed by atoms with van der Waals surface area (Å²) in [5.74, 6) is 0.686. The molecular formula is C15H21NO4S. The third kappa shape index (κ3) is 2.45. The summed E-state index contributed by atoms with van der Waals surface area (Å²) in [5.41, 5.74) is 0.808. The molecule has 116 valence electrons. The number of benzene rings is 1. The maximum atomic E-state index is 12.9. The molecule has 5 nitrogen and oxygen atoms in total. The molecular weight excluding hydrogens is 290 g/mol. The highest BCUT2D eigenvalue weighted by atomic mass is 32.2. The fourth-order valence-electron chi connectivity index (χ4n) is 3.63. The van der Waals surface area contributed by atoms with Crippen LogP contribution in [-0.2, 0) is 10.0 Å². The second-order valence-electron chi connectivity index (χ2n) is 5.98. The standard InChI is InChI=1S/C15H21NO4S/c1-10-7-14(5-6-15(10)20-2)21(18,19)16-11-3-4-12(16)9-13(17)8-11/h5-7,11-13,17H,3-4,8-9H2,1-2H3. The predicted octanol–water partition coefficient (Wildman–Crippen LogP) is 1.68. The van der Waals surface area contributed by atoms with Crippen LogP contribution in [0.4, 0.5) is 0 Å². The van der Waals surface area contributed by atoms with Crippen LogP contribution in [0.5, 0.6) is 5.75 Å². The summed E-state index contributed by atoms with van der Waals surface area (Å²) in [6.07, 6.45) is 2.41. The van der Waals surface area contributed by atoms with E-state index in [4.69, 9.17) is 4.74 Å². The quantitative estimate of drug-likeness (QED) is 0.922. The molecule has 0 spiro atoms. The lowest BCUT2D eigenvalue weighted by Crippen LogP contribution is -2.47. The smallest absolute Gasteiger partial charge is 0.243 e. The highest BCUT2D eigenvalue weighted by Crippen LogP contribution is 2.40. The first-order valence-corrected chi connectivity index (χ1v) is 8.73. The zero-order valence-electron chi connectivity index (χ0n) is 12.3. The van der Waals surface area contributed by atoms with Gasteiger partial charge in [0.25, 0.3) is 0 Å². The minimum Gasteiger partial charge on any atom is -0.496 e. The Morgan fingerprint density at radius 3 is 2.38 bits per heavy atom. The normalized spacial score (nSPS) is 29.6. The minimum atomic E-state index is -3.50. The van der Waals surface area contributed by atoms with E-state index in [9.17, 15) is 13.5 Å². The zero-order valence-corrected chi connectivity index (χ0v) is 13.1. The van der Waals surface area contributed by atoms with Crippen LogP contribution in [0.3, 0.4) is 0 Å². The molecule has 1 aromatic rings. The first-order valence-electron chi connectivity index (χ1n) is 7.29. The fourth-order valence-corrected chi connectivity index (χ4v) is 5.61. The van der Waals surface area contributed by atoms with Crippen LogP contribution in [0.15, 0.2) is 23.1 Å². The van der Waals surface area contributed by atoms with Gasteiger partial charge < -0.3 is 9.84 Å². The monoisotopic (exact) mass is 311 g/mol. The molecule has 2 unspecified atom stereocenters. The molecule has 0 aliphatic carbocycles. The minimum absolute atomic E-state index is 0.0637. The molecule has 2 bridgehead atoms. The number of piperidine rings is 1. The van der Waals surface area contributed by atoms with Crippen molar-refractivity contribution in [2.75, 3.05) is 7.11 Å². The molecule has 1 aromatic carbocycles. The van der Waals surface area contributed by atoms with E-state index in [1.54, 1.807) is 29.6 Å². The van der Waals surface area contributed by atoms with Crippen molar-refractivity contribution >= 4 is 10.0 Å². The van der Waals surface area contributed by atoms with Gasteiger partial charge in [-0.3, -0.25) is 0 Å². The van der Waals surface area contributed by atoms with Gasteiger partial charge in [-0.15, -0.1) is 0 Å². The van der Waals surface area contributed by atoms with E-state index in [1.807, 2.05) is 6.92 Å². The second kappa shape index (κ2) is 5.26. The summed E-state index contributed by atoms with van der Waals surface area (Å²) >= 11 is 0. The van der Waals surface area contributed by atoms with Gasteiger partial charge in [0.1, 0.15) is 5.75 Å². The largest absolute Gasteiger partial charge is 0.496 e. The molecule has 6 heteroatoms. The fraction of sp³-hybridized carbons (Fsp3) is 0.600. The van der Waals surface area contributed by atoms with Crippen LogP contribution in [0.25, 0.3) is 0 Å². The third-order valence-electron chi connectivity index (χ3n) is 4.58. The summed E-state index contributed by atoms with van der Waals surface area (Å²) < 4.78 is 32.6. The summed E-state index contributed by atoms with van der Waals surface area (Å²) in [4.78, 5) is 0.314. The van der Waals surface area contributed by atoms with Gasteiger partial charge >= 0.3 is 0 Å². The van der Waals surface area contributed by atoms with E-state index in [0.717, 1.165) is 18.4 Å². The van der Waals surface area contributed by atoms with Crippen LogP contribution in [0.1, 0.15) is 31.2 Å². The van der Waals surface area contributed by atoms with Gasteiger partial charge in [0.2, 0.25) is 10.0 Å². The summed E-state index contributed by atoms with van der Waals surface area (Å²) in [6.45, 7) is 1.84. The average Bonchev–Trinajstić information content (AvgIpc) is 2.72. The Morgan fingerprint density at radius 1 is 1.24 bits per heavy atom. The molecule has 2 aliphatic rings. The van der Waals surface area contributed by atoms with Crippen molar-refractivity contribution in [2.45, 2.75) is 55.7 Å². The number of ether oxygens (including phenoxy) is 1. The number of hydrogen-bond acceptors (Lipinski definition) is 4. The van der Waals surface area contributed by atoms with E-state index >= 15 is 0 Å². The van der Waals surface area contributed by atoms with E-state index < -0.39 is 10.0 Å². The molecule has 0 saturated carbocycles. The Bertz CT molecular complexity index is 629. The van der Waals surface area contributed by atoms with Crippen molar-refractivity contribution in [3.05, 3.63) is 23.8 Å². The number of hydrogen-bond donors (Lipinski definition) is 1. The van der Waals surface area contributed by atoms with E-state index in [1.165, 1.54) is 0 Å². The third-order valence-corrected chi connectivity index (χ3v) is 6.58. The lowest BCUT2D eigenvalue weighted by molar-refractivity contribution is 0.0769. The topological polar surface area (TPSA) is 66.8 Å². The number of aliphatic hydroxyl groups is 1. The van der Waals surface area contributed by atoms with Crippen molar-refractivity contribution in [1.82, 2.24) is 4.31 Å². The van der Waals surface area contributed by atoms with Crippen molar-refractivity contribution < 1.29 is 18.3 Å².